The second kappa shape index (κ2) is 12.2. The summed E-state index contributed by atoms with van der Waals surface area (Å²) in [6.45, 7) is 7.62. The second-order valence-electron chi connectivity index (χ2n) is 9.67. The van der Waals surface area contributed by atoms with Crippen molar-refractivity contribution < 1.29 is 9.59 Å². The molecule has 7 heteroatoms. The lowest BCUT2D eigenvalue weighted by atomic mass is 9.79. The number of likely N-dealkylation sites (N-methyl/N-ethyl adjacent to an activating group) is 1. The van der Waals surface area contributed by atoms with Crippen LogP contribution in [0.5, 0.6) is 0 Å². The number of nitrogens with zero attached hydrogens (tertiary/aromatic N) is 2. The topological polar surface area (TPSA) is 108 Å². The van der Waals surface area contributed by atoms with Crippen LogP contribution in [0.4, 0.5) is 0 Å². The highest BCUT2D eigenvalue weighted by atomic mass is 16.2. The van der Waals surface area contributed by atoms with Crippen molar-refractivity contribution in [3.8, 4) is 11.3 Å². The molecule has 3 atom stereocenters. The van der Waals surface area contributed by atoms with E-state index in [1.807, 2.05) is 51.1 Å². The number of rotatable bonds is 10. The molecule has 1 heterocycles. The minimum atomic E-state index is -0.682. The molecule has 1 saturated carbocycles. The standard InChI is InChI=1S/C28H39N5O2/c1-6-21(23-16-24(32-19(4)31-23)22-15-11-10-12-17(22)2)25(29)27(34)26(20-13-8-7-9-14-20)33-28(35)18(3)30-5/h10-12,15-16,18,20-21,26,29-30H,6-9,13-14H2,1-5H3,(H,33,35)/t18-,21-,26-/m0/s1. The quantitative estimate of drug-likeness (QED) is 0.436. The van der Waals surface area contributed by atoms with E-state index in [9.17, 15) is 9.59 Å². The van der Waals surface area contributed by atoms with Crippen LogP contribution in [0.2, 0.25) is 0 Å². The molecule has 188 valence electrons. The van der Waals surface area contributed by atoms with Gasteiger partial charge in [-0.25, -0.2) is 9.97 Å². The highest BCUT2D eigenvalue weighted by Gasteiger charge is 2.36. The molecular formula is C28H39N5O2. The van der Waals surface area contributed by atoms with Crippen LogP contribution in [0.3, 0.4) is 0 Å². The second-order valence-corrected chi connectivity index (χ2v) is 9.67. The highest BCUT2D eigenvalue weighted by molar-refractivity contribution is 6.42. The number of hydrogen-bond donors (Lipinski definition) is 3. The zero-order valence-corrected chi connectivity index (χ0v) is 21.6. The summed E-state index contributed by atoms with van der Waals surface area (Å²) in [4.78, 5) is 35.7. The summed E-state index contributed by atoms with van der Waals surface area (Å²) in [5.74, 6) is -0.306. The van der Waals surface area contributed by atoms with E-state index < -0.39 is 18.0 Å². The van der Waals surface area contributed by atoms with Gasteiger partial charge in [0, 0.05) is 11.5 Å². The van der Waals surface area contributed by atoms with Gasteiger partial charge in [0.1, 0.15) is 5.82 Å². The molecule has 1 aliphatic carbocycles. The van der Waals surface area contributed by atoms with Gasteiger partial charge in [-0.15, -0.1) is 0 Å². The van der Waals surface area contributed by atoms with E-state index >= 15 is 0 Å². The lowest BCUT2D eigenvalue weighted by Crippen LogP contribution is -2.53. The van der Waals surface area contributed by atoms with Crippen LogP contribution >= 0.6 is 0 Å². The molecule has 1 aromatic heterocycles. The van der Waals surface area contributed by atoms with E-state index in [1.165, 1.54) is 0 Å². The molecular weight excluding hydrogens is 438 g/mol. The van der Waals surface area contributed by atoms with E-state index in [0.29, 0.717) is 17.9 Å². The average molecular weight is 478 g/mol. The third-order valence-electron chi connectivity index (χ3n) is 7.19. The Bertz CT molecular complexity index is 1060. The van der Waals surface area contributed by atoms with Gasteiger partial charge in [0.2, 0.25) is 5.91 Å². The maximum Gasteiger partial charge on any atom is 0.237 e. The molecule has 1 amide bonds. The van der Waals surface area contributed by atoms with Crippen molar-refractivity contribution in [2.75, 3.05) is 7.05 Å². The summed E-state index contributed by atoms with van der Waals surface area (Å²) in [6.07, 6.45) is 5.57. The molecule has 0 unspecified atom stereocenters. The van der Waals surface area contributed by atoms with Crippen LogP contribution in [-0.2, 0) is 9.59 Å². The minimum Gasteiger partial charge on any atom is -0.344 e. The van der Waals surface area contributed by atoms with E-state index in [4.69, 9.17) is 5.41 Å². The van der Waals surface area contributed by atoms with E-state index in [1.54, 1.807) is 14.0 Å². The Morgan fingerprint density at radius 3 is 2.43 bits per heavy atom. The summed E-state index contributed by atoms with van der Waals surface area (Å²) in [7, 11) is 1.72. The number of benzene rings is 1. The van der Waals surface area contributed by atoms with Crippen molar-refractivity contribution in [1.82, 2.24) is 20.6 Å². The molecule has 3 rings (SSSR count). The van der Waals surface area contributed by atoms with Gasteiger partial charge < -0.3 is 16.0 Å². The molecule has 0 radical (unpaired) electrons. The van der Waals surface area contributed by atoms with E-state index in [-0.39, 0.29) is 23.3 Å². The number of carbonyl (C=O) groups excluding carboxylic acids is 2. The minimum absolute atomic E-state index is 0.00863. The smallest absolute Gasteiger partial charge is 0.237 e. The van der Waals surface area contributed by atoms with Crippen LogP contribution in [0.1, 0.15) is 75.4 Å². The van der Waals surface area contributed by atoms with Crippen LogP contribution in [0.15, 0.2) is 30.3 Å². The number of aryl methyl sites for hydroxylation is 2. The fourth-order valence-electron chi connectivity index (χ4n) is 4.94. The Balaban J connectivity index is 1.92. The Labute approximate surface area is 209 Å². The molecule has 3 N–H and O–H groups in total. The van der Waals surface area contributed by atoms with E-state index in [2.05, 4.69) is 20.6 Å². The van der Waals surface area contributed by atoms with Gasteiger partial charge in [-0.05, 0) is 64.6 Å². The molecule has 1 aromatic carbocycles. The van der Waals surface area contributed by atoms with Crippen molar-refractivity contribution in [2.45, 2.75) is 84.2 Å². The monoisotopic (exact) mass is 477 g/mol. The van der Waals surface area contributed by atoms with Gasteiger partial charge in [-0.2, -0.15) is 0 Å². The highest BCUT2D eigenvalue weighted by Crippen LogP contribution is 2.30. The summed E-state index contributed by atoms with van der Waals surface area (Å²) < 4.78 is 0. The van der Waals surface area contributed by atoms with Crippen molar-refractivity contribution in [2.24, 2.45) is 5.92 Å². The summed E-state index contributed by atoms with van der Waals surface area (Å²) in [6, 6.07) is 8.85. The van der Waals surface area contributed by atoms with Gasteiger partial charge >= 0.3 is 0 Å². The molecule has 0 saturated heterocycles. The first-order chi connectivity index (χ1) is 16.8. The maximum atomic E-state index is 13.8. The predicted octanol–water partition coefficient (Wildman–Crippen LogP) is 4.52. The summed E-state index contributed by atoms with van der Waals surface area (Å²) in [5.41, 5.74) is 3.60. The van der Waals surface area contributed by atoms with Crippen molar-refractivity contribution in [3.63, 3.8) is 0 Å². The fourth-order valence-corrected chi connectivity index (χ4v) is 4.94. The molecule has 2 aromatic rings. The number of carbonyl (C=O) groups is 2. The Hall–Kier alpha value is -2.93. The van der Waals surface area contributed by atoms with Gasteiger partial charge in [0.25, 0.3) is 0 Å². The molecule has 35 heavy (non-hydrogen) atoms. The van der Waals surface area contributed by atoms with Crippen LogP contribution in [0.25, 0.3) is 11.3 Å². The number of nitrogens with one attached hydrogen (secondary N) is 3. The Morgan fingerprint density at radius 2 is 1.80 bits per heavy atom. The Kier molecular flexibility index (Phi) is 9.26. The lowest BCUT2D eigenvalue weighted by molar-refractivity contribution is -0.127. The summed E-state index contributed by atoms with van der Waals surface area (Å²) >= 11 is 0. The maximum absolute atomic E-state index is 13.8. The van der Waals surface area contributed by atoms with Crippen molar-refractivity contribution in [1.29, 1.82) is 5.41 Å². The number of ketones is 1. The van der Waals surface area contributed by atoms with Gasteiger partial charge in [-0.3, -0.25) is 9.59 Å². The largest absolute Gasteiger partial charge is 0.344 e. The zero-order chi connectivity index (χ0) is 25.5. The molecule has 0 aliphatic heterocycles. The third-order valence-corrected chi connectivity index (χ3v) is 7.19. The molecule has 1 aliphatic rings. The Morgan fingerprint density at radius 1 is 1.11 bits per heavy atom. The van der Waals surface area contributed by atoms with Crippen LogP contribution in [0, 0.1) is 25.2 Å². The van der Waals surface area contributed by atoms with Crippen molar-refractivity contribution >= 4 is 17.4 Å². The number of hydrogen-bond acceptors (Lipinski definition) is 6. The van der Waals surface area contributed by atoms with E-state index in [0.717, 1.165) is 48.9 Å². The predicted molar refractivity (Wildman–Crippen MR) is 140 cm³/mol. The van der Waals surface area contributed by atoms with Gasteiger partial charge in [-0.1, -0.05) is 50.5 Å². The number of amides is 1. The molecule has 0 bridgehead atoms. The third kappa shape index (κ3) is 6.40. The average Bonchev–Trinajstić information content (AvgIpc) is 2.87. The molecule has 0 spiro atoms. The molecule has 1 fully saturated rings. The number of aromatic nitrogens is 2. The zero-order valence-electron chi connectivity index (χ0n) is 21.6. The first-order valence-electron chi connectivity index (χ1n) is 12.8. The number of Topliss-reactive ketones (excluding diaryl/α,β-unsaturated/α-hetero) is 1. The lowest BCUT2D eigenvalue weighted by Gasteiger charge is -2.31. The SMILES string of the molecule is CC[C@H](C(=N)C(=O)[C@@H](NC(=O)[C@H](C)NC)C1CCCCC1)c1cc(-c2ccccc2C)nc(C)n1. The molecule has 7 nitrogen and oxygen atoms in total. The van der Waals surface area contributed by atoms with Crippen LogP contribution < -0.4 is 10.6 Å². The summed E-state index contributed by atoms with van der Waals surface area (Å²) in [5, 5.41) is 14.9. The van der Waals surface area contributed by atoms with Crippen LogP contribution in [-0.4, -0.2) is 46.5 Å². The van der Waals surface area contributed by atoms with Gasteiger partial charge in [0.15, 0.2) is 5.78 Å². The van der Waals surface area contributed by atoms with Crippen molar-refractivity contribution in [3.05, 3.63) is 47.4 Å². The normalized spacial score (nSPS) is 16.8. The first-order valence-corrected chi connectivity index (χ1v) is 12.8. The fraction of sp³-hybridized carbons (Fsp3) is 0.536. The van der Waals surface area contributed by atoms with Gasteiger partial charge in [0.05, 0.1) is 29.2 Å². The first kappa shape index (κ1) is 26.7.